The van der Waals surface area contributed by atoms with Crippen LogP contribution >= 0.6 is 0 Å². The number of carbonyl (C=O) groups excluding carboxylic acids is 1. The van der Waals surface area contributed by atoms with Crippen LogP contribution in [0, 0.1) is 18.3 Å². The van der Waals surface area contributed by atoms with Gasteiger partial charge in [-0.3, -0.25) is 0 Å². The van der Waals surface area contributed by atoms with Gasteiger partial charge in [0.2, 0.25) is 23.4 Å². The Labute approximate surface area is 224 Å². The van der Waals surface area contributed by atoms with Crippen LogP contribution in [0.1, 0.15) is 66.1 Å². The fourth-order valence-corrected chi connectivity index (χ4v) is 4.07. The molecule has 1 aliphatic heterocycles. The number of hydrogen-bond acceptors (Lipinski definition) is 9. The van der Waals surface area contributed by atoms with Gasteiger partial charge in [-0.05, 0) is 47.1 Å². The van der Waals surface area contributed by atoms with Crippen molar-refractivity contribution < 1.29 is 28.6 Å². The van der Waals surface area contributed by atoms with Gasteiger partial charge in [0.1, 0.15) is 24.0 Å². The number of oxime groups is 1. The van der Waals surface area contributed by atoms with Crippen LogP contribution in [-0.2, 0) is 4.74 Å². The van der Waals surface area contributed by atoms with Crippen LogP contribution in [0.3, 0.4) is 0 Å². The molecule has 2 heterocycles. The average Bonchev–Trinajstić information content (AvgIpc) is 2.82. The zero-order valence-electron chi connectivity index (χ0n) is 23.1. The van der Waals surface area contributed by atoms with E-state index in [0.29, 0.717) is 32.2 Å². The van der Waals surface area contributed by atoms with Crippen LogP contribution < -0.4 is 20.5 Å². The van der Waals surface area contributed by atoms with Gasteiger partial charge in [0.05, 0.1) is 6.07 Å². The number of rotatable bonds is 11. The van der Waals surface area contributed by atoms with Gasteiger partial charge in [-0.25, -0.2) is 9.18 Å². The molecule has 212 valence electrons. The molecule has 4 N–H and O–H groups in total. The van der Waals surface area contributed by atoms with Crippen molar-refractivity contribution in [1.82, 2.24) is 20.2 Å². The fourth-order valence-electron chi connectivity index (χ4n) is 4.07. The molecule has 0 radical (unpaired) electrons. The lowest BCUT2D eigenvalue weighted by Crippen LogP contribution is -2.50. The van der Waals surface area contributed by atoms with Crippen molar-refractivity contribution in [2.45, 2.75) is 90.3 Å². The Balaban J connectivity index is 2.18. The smallest absolute Gasteiger partial charge is 0.410 e. The minimum absolute atomic E-state index is 0.0789. The first-order valence-corrected chi connectivity index (χ1v) is 12.8. The van der Waals surface area contributed by atoms with Crippen LogP contribution in [-0.4, -0.2) is 82.2 Å². The highest BCUT2D eigenvalue weighted by Crippen LogP contribution is 2.27. The molecule has 1 aromatic rings. The molecule has 0 aromatic carbocycles. The van der Waals surface area contributed by atoms with Crippen LogP contribution in [0.5, 0.6) is 11.8 Å². The summed E-state index contributed by atoms with van der Waals surface area (Å²) in [5, 5.41) is 15.0. The molecule has 0 spiro atoms. The molecule has 0 aliphatic carbocycles. The summed E-state index contributed by atoms with van der Waals surface area (Å²) in [6.07, 6.45) is 5.04. The quantitative estimate of drug-likeness (QED) is 0.128. The highest BCUT2D eigenvalue weighted by molar-refractivity contribution is 5.93. The van der Waals surface area contributed by atoms with Crippen molar-refractivity contribution in [2.75, 3.05) is 20.1 Å². The monoisotopic (exact) mass is 536 g/mol. The van der Waals surface area contributed by atoms with Crippen LogP contribution in [0.25, 0.3) is 0 Å². The summed E-state index contributed by atoms with van der Waals surface area (Å²) in [5.41, 5.74) is 5.12. The second-order valence-electron chi connectivity index (χ2n) is 10.5. The molecule has 38 heavy (non-hydrogen) atoms. The van der Waals surface area contributed by atoms with Crippen molar-refractivity contribution in [3.05, 3.63) is 11.9 Å². The van der Waals surface area contributed by atoms with E-state index < -0.39 is 17.9 Å². The zero-order valence-corrected chi connectivity index (χ0v) is 23.1. The van der Waals surface area contributed by atoms with E-state index in [0.717, 1.165) is 0 Å². The van der Waals surface area contributed by atoms with E-state index in [-0.39, 0.29) is 54.1 Å². The van der Waals surface area contributed by atoms with Crippen LogP contribution in [0.15, 0.2) is 11.2 Å². The molecule has 1 saturated heterocycles. The largest absolute Gasteiger partial charge is 0.474 e. The third kappa shape index (κ3) is 9.52. The minimum atomic E-state index is -1.01. The fraction of sp³-hybridized carbons (Fsp3) is 0.692. The molecule has 1 fully saturated rings. The van der Waals surface area contributed by atoms with E-state index >= 15 is 0 Å². The normalized spacial score (nSPS) is 20.7. The van der Waals surface area contributed by atoms with Gasteiger partial charge in [0, 0.05) is 38.4 Å². The highest BCUT2D eigenvalue weighted by atomic mass is 19.1. The molecular formula is C26H41FN6O5. The Hall–Kier alpha value is -3.33. The molecule has 11 nitrogen and oxygen atoms in total. The molecule has 5 atom stereocenters. The summed E-state index contributed by atoms with van der Waals surface area (Å²) in [5.74, 6) is 2.41. The number of nitrogens with zero attached hydrogens (tertiary/aromatic N) is 4. The van der Waals surface area contributed by atoms with E-state index in [1.54, 1.807) is 11.9 Å². The van der Waals surface area contributed by atoms with E-state index in [4.69, 9.17) is 31.6 Å². The van der Waals surface area contributed by atoms with E-state index in [9.17, 15) is 9.18 Å². The Bertz CT molecular complexity index is 995. The third-order valence-electron chi connectivity index (χ3n) is 6.11. The number of terminal acetylenes is 1. The predicted octanol–water partition coefficient (Wildman–Crippen LogP) is 3.09. The number of halogens is 1. The van der Waals surface area contributed by atoms with E-state index in [1.807, 2.05) is 34.6 Å². The number of amidine groups is 1. The topological polar surface area (TPSA) is 144 Å². The molecular weight excluding hydrogens is 495 g/mol. The number of carbonyl (C=O) groups is 1. The number of nitrogens with one attached hydrogen (secondary N) is 1. The summed E-state index contributed by atoms with van der Waals surface area (Å²) in [7, 11) is 1.70. The first kappa shape index (κ1) is 30.9. The van der Waals surface area contributed by atoms with Crippen LogP contribution in [0.2, 0.25) is 0 Å². The number of piperidine rings is 1. The zero-order chi connectivity index (χ0) is 28.5. The molecule has 0 saturated carbocycles. The van der Waals surface area contributed by atoms with Crippen molar-refractivity contribution >= 4 is 11.9 Å². The number of likely N-dealkylation sites (tertiary alicyclic amines) is 1. The second-order valence-corrected chi connectivity index (χ2v) is 10.5. The Morgan fingerprint density at radius 3 is 2.68 bits per heavy atom. The predicted molar refractivity (Wildman–Crippen MR) is 141 cm³/mol. The van der Waals surface area contributed by atoms with Crippen molar-refractivity contribution in [3.8, 4) is 24.1 Å². The van der Waals surface area contributed by atoms with Crippen molar-refractivity contribution in [2.24, 2.45) is 16.8 Å². The van der Waals surface area contributed by atoms with Crippen molar-refractivity contribution in [1.29, 1.82) is 0 Å². The number of alkyl halides is 1. The second kappa shape index (κ2) is 14.0. The molecule has 1 amide bonds. The van der Waals surface area contributed by atoms with Gasteiger partial charge in [0.15, 0.2) is 0 Å². The summed E-state index contributed by atoms with van der Waals surface area (Å²) >= 11 is 0. The Morgan fingerprint density at radius 2 is 2.08 bits per heavy atom. The molecule has 0 unspecified atom stereocenters. The van der Waals surface area contributed by atoms with Crippen LogP contribution in [0.4, 0.5) is 9.18 Å². The highest BCUT2D eigenvalue weighted by Gasteiger charge is 2.35. The summed E-state index contributed by atoms with van der Waals surface area (Å²) in [6.45, 7) is 9.78. The first-order chi connectivity index (χ1) is 17.9. The summed E-state index contributed by atoms with van der Waals surface area (Å²) < 4.78 is 31.7. The number of amides is 1. The lowest BCUT2D eigenvalue weighted by atomic mass is 9.97. The summed E-state index contributed by atoms with van der Waals surface area (Å²) in [4.78, 5) is 22.8. The lowest BCUT2D eigenvalue weighted by molar-refractivity contribution is -0.00377. The molecule has 2 rings (SSSR count). The van der Waals surface area contributed by atoms with E-state index in [1.165, 1.54) is 6.07 Å². The number of hydrogen-bond donors (Lipinski definition) is 3. The summed E-state index contributed by atoms with van der Waals surface area (Å²) in [6, 6.07) is 1.23. The number of nitrogens with two attached hydrogens (primary N) is 1. The Kier molecular flexibility index (Phi) is 11.4. The minimum Gasteiger partial charge on any atom is -0.474 e. The van der Waals surface area contributed by atoms with Gasteiger partial charge in [0.25, 0.3) is 0 Å². The maximum Gasteiger partial charge on any atom is 0.410 e. The maximum atomic E-state index is 14.1. The van der Waals surface area contributed by atoms with Gasteiger partial charge in [-0.15, -0.1) is 12.3 Å². The van der Waals surface area contributed by atoms with E-state index in [2.05, 4.69) is 26.4 Å². The molecule has 1 aliphatic rings. The first-order valence-electron chi connectivity index (χ1n) is 12.8. The lowest BCUT2D eigenvalue weighted by Gasteiger charge is -2.39. The van der Waals surface area contributed by atoms with Gasteiger partial charge >= 0.3 is 6.09 Å². The van der Waals surface area contributed by atoms with Gasteiger partial charge in [-0.2, -0.15) is 9.97 Å². The molecule has 12 heteroatoms. The standard InChI is InChI=1S/C26H41FN6O5/c1-8-9-19-13-20(10-11-33(19)25(34)38-26(4,5)6)37-22-14-21(30-24(31-22)23(28)32-35)36-17(3)16(2)12-18(27)15-29-7/h1,14,16-20,29,35H,9-13,15H2,2-7H3,(H2,28,32)/t16-,17-,18-,19+,20-/m0/s1. The molecule has 1 aromatic heterocycles. The Morgan fingerprint density at radius 1 is 1.39 bits per heavy atom. The van der Waals surface area contributed by atoms with Gasteiger partial charge < -0.3 is 35.4 Å². The third-order valence-corrected chi connectivity index (χ3v) is 6.11. The van der Waals surface area contributed by atoms with Crippen molar-refractivity contribution in [3.63, 3.8) is 0 Å². The maximum absolute atomic E-state index is 14.1. The van der Waals surface area contributed by atoms with Gasteiger partial charge in [-0.1, -0.05) is 12.1 Å². The number of ether oxygens (including phenoxy) is 3. The average molecular weight is 537 g/mol. The SMILES string of the molecule is C#CC[C@@H]1C[C@@H](Oc2cc(O[C@@H](C)[C@@H](C)C[C@H](F)CNC)nc(C(N)=NO)n2)CCN1C(=O)OC(C)(C)C. The molecule has 0 bridgehead atoms. The number of aromatic nitrogens is 2.